The first-order chi connectivity index (χ1) is 10.0. The van der Waals surface area contributed by atoms with E-state index in [-0.39, 0.29) is 6.04 Å². The van der Waals surface area contributed by atoms with Crippen molar-refractivity contribution in [2.24, 2.45) is 0 Å². The number of hydrogen-bond donors (Lipinski definition) is 1. The molecule has 0 fully saturated rings. The van der Waals surface area contributed by atoms with Gasteiger partial charge >= 0.3 is 0 Å². The van der Waals surface area contributed by atoms with Crippen LogP contribution in [0.5, 0.6) is 5.75 Å². The minimum atomic E-state index is 0.0462. The van der Waals surface area contributed by atoms with Crippen molar-refractivity contribution < 1.29 is 9.15 Å². The van der Waals surface area contributed by atoms with Gasteiger partial charge in [0.25, 0.3) is 0 Å². The molecular formula is C17H22BrNO2. The third-order valence-electron chi connectivity index (χ3n) is 3.90. The molecule has 1 aromatic carbocycles. The molecule has 0 aliphatic heterocycles. The highest BCUT2D eigenvalue weighted by Gasteiger charge is 2.25. The molecular weight excluding hydrogens is 330 g/mol. The van der Waals surface area contributed by atoms with Crippen LogP contribution in [-0.4, -0.2) is 14.2 Å². The standard InChI is InChI=1S/C17H22BrNO2/c1-6-14-12(7-8-21-14)16(19-4)15-11(3)13(18)9-10(2)17(15)20-5/h7-9,16,19H,6H2,1-5H3. The van der Waals surface area contributed by atoms with Gasteiger partial charge in [-0.1, -0.05) is 22.9 Å². The fourth-order valence-electron chi connectivity index (χ4n) is 2.84. The summed E-state index contributed by atoms with van der Waals surface area (Å²) in [6, 6.07) is 4.18. The van der Waals surface area contributed by atoms with Gasteiger partial charge in [-0.15, -0.1) is 0 Å². The maximum Gasteiger partial charge on any atom is 0.127 e. The lowest BCUT2D eigenvalue weighted by Gasteiger charge is -2.24. The Hall–Kier alpha value is -1.26. The molecule has 2 rings (SSSR count). The summed E-state index contributed by atoms with van der Waals surface area (Å²) in [4.78, 5) is 0. The number of nitrogens with one attached hydrogen (secondary N) is 1. The number of ether oxygens (including phenoxy) is 1. The van der Waals surface area contributed by atoms with E-state index < -0.39 is 0 Å². The van der Waals surface area contributed by atoms with Crippen LogP contribution in [0.3, 0.4) is 0 Å². The molecule has 0 bridgehead atoms. The molecule has 1 heterocycles. The Kier molecular flexibility index (Phi) is 5.12. The lowest BCUT2D eigenvalue weighted by atomic mass is 9.92. The van der Waals surface area contributed by atoms with Gasteiger partial charge in [-0.3, -0.25) is 0 Å². The van der Waals surface area contributed by atoms with E-state index in [1.165, 1.54) is 11.1 Å². The van der Waals surface area contributed by atoms with Gasteiger partial charge in [0.1, 0.15) is 11.5 Å². The molecule has 1 atom stereocenters. The summed E-state index contributed by atoms with van der Waals surface area (Å²) in [5.74, 6) is 1.94. The molecule has 114 valence electrons. The number of benzene rings is 1. The number of methoxy groups -OCH3 is 1. The molecule has 0 aliphatic rings. The number of aryl methyl sites for hydroxylation is 2. The topological polar surface area (TPSA) is 34.4 Å². The average molecular weight is 352 g/mol. The maximum atomic E-state index is 5.67. The summed E-state index contributed by atoms with van der Waals surface area (Å²) >= 11 is 3.65. The summed E-state index contributed by atoms with van der Waals surface area (Å²) in [6.07, 6.45) is 2.63. The third-order valence-corrected chi connectivity index (χ3v) is 4.73. The predicted octanol–water partition coefficient (Wildman–Crippen LogP) is 4.54. The van der Waals surface area contributed by atoms with E-state index in [1.54, 1.807) is 13.4 Å². The second-order valence-corrected chi connectivity index (χ2v) is 5.98. The van der Waals surface area contributed by atoms with Crippen molar-refractivity contribution in [1.29, 1.82) is 0 Å². The highest BCUT2D eigenvalue weighted by atomic mass is 79.9. The molecule has 0 spiro atoms. The van der Waals surface area contributed by atoms with Crippen molar-refractivity contribution in [2.45, 2.75) is 33.2 Å². The Morgan fingerprint density at radius 1 is 1.38 bits per heavy atom. The lowest BCUT2D eigenvalue weighted by Crippen LogP contribution is -2.20. The molecule has 0 amide bonds. The van der Waals surface area contributed by atoms with Gasteiger partial charge < -0.3 is 14.5 Å². The molecule has 1 aromatic heterocycles. The Labute approximate surface area is 134 Å². The van der Waals surface area contributed by atoms with E-state index >= 15 is 0 Å². The molecule has 1 N–H and O–H groups in total. The zero-order valence-corrected chi connectivity index (χ0v) is 14.8. The van der Waals surface area contributed by atoms with Gasteiger partial charge in [-0.25, -0.2) is 0 Å². The SMILES string of the molecule is CCc1occc1C(NC)c1c(C)c(Br)cc(C)c1OC. The first kappa shape index (κ1) is 16.1. The maximum absolute atomic E-state index is 5.67. The van der Waals surface area contributed by atoms with E-state index in [0.29, 0.717) is 0 Å². The van der Waals surface area contributed by atoms with Crippen LogP contribution in [0.1, 0.15) is 41.0 Å². The fraction of sp³-hybridized carbons (Fsp3) is 0.412. The van der Waals surface area contributed by atoms with Crippen LogP contribution in [0.25, 0.3) is 0 Å². The summed E-state index contributed by atoms with van der Waals surface area (Å²) in [6.45, 7) is 6.28. The molecule has 21 heavy (non-hydrogen) atoms. The molecule has 0 aliphatic carbocycles. The lowest BCUT2D eigenvalue weighted by molar-refractivity contribution is 0.401. The highest BCUT2D eigenvalue weighted by molar-refractivity contribution is 9.10. The zero-order valence-electron chi connectivity index (χ0n) is 13.2. The minimum Gasteiger partial charge on any atom is -0.496 e. The van der Waals surface area contributed by atoms with Gasteiger partial charge in [0.2, 0.25) is 0 Å². The summed E-state index contributed by atoms with van der Waals surface area (Å²) < 4.78 is 12.4. The molecule has 0 saturated heterocycles. The van der Waals surface area contributed by atoms with E-state index in [1.807, 2.05) is 13.1 Å². The first-order valence-electron chi connectivity index (χ1n) is 7.12. The molecule has 1 unspecified atom stereocenters. The number of halogens is 1. The molecule has 4 heteroatoms. The van der Waals surface area contributed by atoms with Crippen molar-refractivity contribution in [1.82, 2.24) is 5.32 Å². The second-order valence-electron chi connectivity index (χ2n) is 5.12. The summed E-state index contributed by atoms with van der Waals surface area (Å²) in [7, 11) is 3.69. The van der Waals surface area contributed by atoms with Crippen molar-refractivity contribution in [3.63, 3.8) is 0 Å². The van der Waals surface area contributed by atoms with E-state index in [2.05, 4.69) is 48.1 Å². The molecule has 3 nitrogen and oxygen atoms in total. The van der Waals surface area contributed by atoms with Crippen molar-refractivity contribution in [3.05, 3.63) is 50.9 Å². The van der Waals surface area contributed by atoms with E-state index in [0.717, 1.165) is 33.5 Å². The number of rotatable bonds is 5. The largest absolute Gasteiger partial charge is 0.496 e. The van der Waals surface area contributed by atoms with Gasteiger partial charge in [-0.2, -0.15) is 0 Å². The van der Waals surface area contributed by atoms with Gasteiger partial charge in [0, 0.05) is 22.0 Å². The van der Waals surface area contributed by atoms with Gasteiger partial charge in [0.05, 0.1) is 19.4 Å². The van der Waals surface area contributed by atoms with Crippen LogP contribution in [0, 0.1) is 13.8 Å². The van der Waals surface area contributed by atoms with Crippen LogP contribution in [0.15, 0.2) is 27.3 Å². The Balaban J connectivity index is 2.68. The van der Waals surface area contributed by atoms with E-state index in [9.17, 15) is 0 Å². The van der Waals surface area contributed by atoms with Crippen LogP contribution >= 0.6 is 15.9 Å². The third kappa shape index (κ3) is 2.87. The normalized spacial score (nSPS) is 12.5. The highest BCUT2D eigenvalue weighted by Crippen LogP contribution is 2.39. The Bertz CT molecular complexity index is 634. The predicted molar refractivity (Wildman–Crippen MR) is 89.2 cm³/mol. The summed E-state index contributed by atoms with van der Waals surface area (Å²) in [5, 5.41) is 3.40. The average Bonchev–Trinajstić information content (AvgIpc) is 2.93. The first-order valence-corrected chi connectivity index (χ1v) is 7.91. The van der Waals surface area contributed by atoms with Gasteiger partial charge in [-0.05, 0) is 44.2 Å². The van der Waals surface area contributed by atoms with Crippen LogP contribution in [0.2, 0.25) is 0 Å². The summed E-state index contributed by atoms with van der Waals surface area (Å²) in [5.41, 5.74) is 4.62. The fourth-order valence-corrected chi connectivity index (χ4v) is 3.40. The smallest absolute Gasteiger partial charge is 0.127 e. The van der Waals surface area contributed by atoms with E-state index in [4.69, 9.17) is 9.15 Å². The molecule has 2 aromatic rings. The molecule has 0 saturated carbocycles. The monoisotopic (exact) mass is 351 g/mol. The quantitative estimate of drug-likeness (QED) is 0.858. The van der Waals surface area contributed by atoms with Crippen LogP contribution < -0.4 is 10.1 Å². The number of hydrogen-bond acceptors (Lipinski definition) is 3. The van der Waals surface area contributed by atoms with Gasteiger partial charge in [0.15, 0.2) is 0 Å². The number of furan rings is 1. The molecule has 0 radical (unpaired) electrons. The van der Waals surface area contributed by atoms with Crippen molar-refractivity contribution in [2.75, 3.05) is 14.2 Å². The minimum absolute atomic E-state index is 0.0462. The zero-order chi connectivity index (χ0) is 15.6. The van der Waals surface area contributed by atoms with Crippen LogP contribution in [0.4, 0.5) is 0 Å². The second kappa shape index (κ2) is 6.67. The van der Waals surface area contributed by atoms with Crippen molar-refractivity contribution in [3.8, 4) is 5.75 Å². The van der Waals surface area contributed by atoms with Crippen molar-refractivity contribution >= 4 is 15.9 Å². The Morgan fingerprint density at radius 2 is 2.10 bits per heavy atom. The van der Waals surface area contributed by atoms with Crippen LogP contribution in [-0.2, 0) is 6.42 Å². The Morgan fingerprint density at radius 3 is 2.67 bits per heavy atom.